The predicted octanol–water partition coefficient (Wildman–Crippen LogP) is 15.2. The molecule has 0 bridgehead atoms. The summed E-state index contributed by atoms with van der Waals surface area (Å²) in [4.78, 5) is 3.04. The Kier molecular flexibility index (Phi) is 8.67. The first-order chi connectivity index (χ1) is 31.7. The average molecular weight is 824 g/mol. The quantitative estimate of drug-likeness (QED) is 0.167. The van der Waals surface area contributed by atoms with Crippen LogP contribution in [0, 0.1) is 11.8 Å². The lowest BCUT2D eigenvalue weighted by Crippen LogP contribution is -2.58. The molecule has 0 heterocycles. The van der Waals surface area contributed by atoms with Gasteiger partial charge in [-0.15, -0.1) is 0 Å². The summed E-state index contributed by atoms with van der Waals surface area (Å²) in [5.74, 6) is 0.625. The SMILES string of the molecule is CC1C=CC2=C(C1N(c1ccccc1-c1ccccc1)C1CCCCC1C1=CCCC=C1)C1(c3ccccc3-c3ccccc31)c1ccccc1C21c2ccccc2-c2ccccc21. The molecule has 0 amide bonds. The summed E-state index contributed by atoms with van der Waals surface area (Å²) in [5.41, 5.74) is 21.2. The van der Waals surface area contributed by atoms with E-state index in [1.54, 1.807) is 11.1 Å². The Hall–Kier alpha value is -6.70. The van der Waals surface area contributed by atoms with Gasteiger partial charge < -0.3 is 4.90 Å². The van der Waals surface area contributed by atoms with E-state index in [-0.39, 0.29) is 12.0 Å². The predicted molar refractivity (Wildman–Crippen MR) is 266 cm³/mol. The zero-order valence-electron chi connectivity index (χ0n) is 36.6. The second-order valence-electron chi connectivity index (χ2n) is 19.2. The zero-order valence-corrected chi connectivity index (χ0v) is 36.6. The molecule has 1 heteroatoms. The van der Waals surface area contributed by atoms with Crippen LogP contribution < -0.4 is 4.90 Å². The van der Waals surface area contributed by atoms with E-state index >= 15 is 0 Å². The Labute approximate surface area is 378 Å². The molecular weight excluding hydrogens is 771 g/mol. The van der Waals surface area contributed by atoms with Crippen molar-refractivity contribution in [2.75, 3.05) is 4.90 Å². The van der Waals surface area contributed by atoms with Crippen LogP contribution in [-0.2, 0) is 10.8 Å². The molecule has 1 saturated carbocycles. The summed E-state index contributed by atoms with van der Waals surface area (Å²) in [6.45, 7) is 2.53. The first-order valence-corrected chi connectivity index (χ1v) is 23.9. The van der Waals surface area contributed by atoms with Crippen molar-refractivity contribution in [2.24, 2.45) is 11.8 Å². The number of fused-ring (bicyclic) bond motifs is 15. The van der Waals surface area contributed by atoms with Crippen molar-refractivity contribution in [2.45, 2.75) is 68.4 Å². The van der Waals surface area contributed by atoms with Crippen LogP contribution in [0.2, 0.25) is 0 Å². The molecule has 0 aromatic heterocycles. The number of hydrogen-bond donors (Lipinski definition) is 0. The normalized spacial score (nSPS) is 22.5. The highest BCUT2D eigenvalue weighted by Gasteiger charge is 2.62. The molecule has 7 aromatic rings. The van der Waals surface area contributed by atoms with Crippen LogP contribution in [0.1, 0.15) is 78.8 Å². The van der Waals surface area contributed by atoms with Gasteiger partial charge in [0.25, 0.3) is 0 Å². The van der Waals surface area contributed by atoms with Crippen molar-refractivity contribution in [3.8, 4) is 33.4 Å². The molecule has 4 unspecified atom stereocenters. The highest BCUT2D eigenvalue weighted by Crippen LogP contribution is 2.69. The number of hydrogen-bond acceptors (Lipinski definition) is 1. The van der Waals surface area contributed by atoms with Crippen LogP contribution in [0.15, 0.2) is 223 Å². The molecule has 0 saturated heterocycles. The van der Waals surface area contributed by atoms with Crippen LogP contribution in [-0.4, -0.2) is 12.1 Å². The summed E-state index contributed by atoms with van der Waals surface area (Å²) in [6.07, 6.45) is 19.9. The standard InChI is InChI=1S/C63H53N/c1-42-40-41-57-60(61(42)64(58-38-20-12-26-45(58)43-22-4-2-5-23-43)59-39-21-13-27-46(59)44-24-6-3-7-25-44)63(53-34-16-10-30-49(53)50-31-11-17-35-54(50)63)56-37-19-18-36-55(56)62(57)51-32-14-8-28-47(51)48-29-9-15-33-52(48)62/h2,4-6,8-12,14-20,22-26,28-38,40-42,46,59,61H,3,7,13,21,27,39H2,1H3. The Bertz CT molecular complexity index is 3030. The van der Waals surface area contributed by atoms with Crippen molar-refractivity contribution in [1.82, 2.24) is 0 Å². The van der Waals surface area contributed by atoms with E-state index in [0.29, 0.717) is 12.0 Å². The highest BCUT2D eigenvalue weighted by atomic mass is 15.2. The van der Waals surface area contributed by atoms with Crippen LogP contribution in [0.3, 0.4) is 0 Å². The third-order valence-corrected chi connectivity index (χ3v) is 16.2. The van der Waals surface area contributed by atoms with E-state index in [4.69, 9.17) is 0 Å². The third-order valence-electron chi connectivity index (χ3n) is 16.2. The topological polar surface area (TPSA) is 3.24 Å². The van der Waals surface area contributed by atoms with Crippen LogP contribution in [0.5, 0.6) is 0 Å². The number of anilines is 1. The van der Waals surface area contributed by atoms with Crippen molar-refractivity contribution in [3.63, 3.8) is 0 Å². The maximum Gasteiger partial charge on any atom is 0.0717 e. The van der Waals surface area contributed by atoms with E-state index < -0.39 is 10.8 Å². The largest absolute Gasteiger partial charge is 0.360 e. The molecule has 0 N–H and O–H groups in total. The van der Waals surface area contributed by atoms with Crippen molar-refractivity contribution < 1.29 is 0 Å². The number of nitrogens with zero attached hydrogens (tertiary/aromatic N) is 1. The minimum Gasteiger partial charge on any atom is -0.360 e. The van der Waals surface area contributed by atoms with E-state index in [2.05, 4.69) is 218 Å². The molecule has 310 valence electrons. The summed E-state index contributed by atoms with van der Waals surface area (Å²) >= 11 is 0. The second-order valence-corrected chi connectivity index (χ2v) is 19.2. The maximum absolute atomic E-state index is 3.04. The van der Waals surface area contributed by atoms with Gasteiger partial charge in [-0.05, 0) is 116 Å². The lowest BCUT2D eigenvalue weighted by atomic mass is 9.49. The van der Waals surface area contributed by atoms with E-state index in [9.17, 15) is 0 Å². The summed E-state index contributed by atoms with van der Waals surface area (Å²) < 4.78 is 0. The molecule has 6 aliphatic carbocycles. The van der Waals surface area contributed by atoms with Crippen molar-refractivity contribution in [3.05, 3.63) is 256 Å². The van der Waals surface area contributed by atoms with Crippen LogP contribution in [0.4, 0.5) is 5.69 Å². The third kappa shape index (κ3) is 5.07. The van der Waals surface area contributed by atoms with E-state index in [1.807, 2.05) is 0 Å². The zero-order chi connectivity index (χ0) is 42.4. The van der Waals surface area contributed by atoms with Gasteiger partial charge in [0.05, 0.1) is 16.9 Å². The van der Waals surface area contributed by atoms with Gasteiger partial charge in [-0.25, -0.2) is 0 Å². The van der Waals surface area contributed by atoms with E-state index in [0.717, 1.165) is 19.3 Å². The van der Waals surface area contributed by atoms with Crippen molar-refractivity contribution >= 4 is 5.69 Å². The number of benzene rings is 7. The monoisotopic (exact) mass is 823 g/mol. The lowest BCUT2D eigenvalue weighted by Gasteiger charge is -2.57. The van der Waals surface area contributed by atoms with E-state index in [1.165, 1.54) is 97.3 Å². The van der Waals surface area contributed by atoms with Gasteiger partial charge in [0.15, 0.2) is 0 Å². The van der Waals surface area contributed by atoms with Gasteiger partial charge in [-0.2, -0.15) is 0 Å². The maximum atomic E-state index is 3.04. The molecule has 6 aliphatic rings. The van der Waals surface area contributed by atoms with Gasteiger partial charge in [0.1, 0.15) is 0 Å². The Balaban J connectivity index is 1.21. The van der Waals surface area contributed by atoms with Crippen LogP contribution >= 0.6 is 0 Å². The summed E-state index contributed by atoms with van der Waals surface area (Å²) in [7, 11) is 0. The molecule has 0 radical (unpaired) electrons. The average Bonchev–Trinajstić information content (AvgIpc) is 3.83. The molecule has 4 atom stereocenters. The molecule has 2 spiro atoms. The fraction of sp³-hybridized carbons (Fsp3) is 0.206. The van der Waals surface area contributed by atoms with Gasteiger partial charge in [-0.3, -0.25) is 0 Å². The molecular formula is C63H53N. The molecule has 64 heavy (non-hydrogen) atoms. The molecule has 1 nitrogen and oxygen atoms in total. The molecule has 7 aromatic carbocycles. The van der Waals surface area contributed by atoms with Crippen LogP contribution in [0.25, 0.3) is 33.4 Å². The van der Waals surface area contributed by atoms with Crippen molar-refractivity contribution in [1.29, 1.82) is 0 Å². The Morgan fingerprint density at radius 1 is 0.469 bits per heavy atom. The van der Waals surface area contributed by atoms with Gasteiger partial charge in [0, 0.05) is 23.2 Å². The summed E-state index contributed by atoms with van der Waals surface area (Å²) in [6, 6.07) is 68.2. The minimum absolute atomic E-state index is 0.0213. The number of para-hydroxylation sites is 1. The van der Waals surface area contributed by atoms with Gasteiger partial charge in [0.2, 0.25) is 0 Å². The lowest BCUT2D eigenvalue weighted by molar-refractivity contribution is 0.302. The fourth-order valence-corrected chi connectivity index (χ4v) is 13.9. The fourth-order valence-electron chi connectivity index (χ4n) is 13.9. The number of allylic oxidation sites excluding steroid dienone is 5. The first kappa shape index (κ1) is 37.8. The molecule has 0 aliphatic heterocycles. The molecule has 13 rings (SSSR count). The minimum atomic E-state index is -0.547. The summed E-state index contributed by atoms with van der Waals surface area (Å²) in [5, 5.41) is 0. The van der Waals surface area contributed by atoms with Gasteiger partial charge >= 0.3 is 0 Å². The van der Waals surface area contributed by atoms with Gasteiger partial charge in [-0.1, -0.05) is 220 Å². The smallest absolute Gasteiger partial charge is 0.0717 e. The first-order valence-electron chi connectivity index (χ1n) is 23.9. The second kappa shape index (κ2) is 14.7. The highest BCUT2D eigenvalue weighted by molar-refractivity contribution is 5.94. The Morgan fingerprint density at radius 3 is 1.56 bits per heavy atom. The Morgan fingerprint density at radius 2 is 0.969 bits per heavy atom. The molecule has 1 fully saturated rings. The number of rotatable bonds is 5.